The Labute approximate surface area is 143 Å². The van der Waals surface area contributed by atoms with Crippen molar-refractivity contribution in [3.63, 3.8) is 0 Å². The lowest BCUT2D eigenvalue weighted by Crippen LogP contribution is -2.46. The number of hydrazine groups is 1. The molecular weight excluding hydrogens is 305 g/mol. The second-order valence-electron chi connectivity index (χ2n) is 7.45. The summed E-state index contributed by atoms with van der Waals surface area (Å²) >= 11 is 0. The minimum Gasteiger partial charge on any atom is -0.306 e. The number of nitrogens with zero attached hydrogens (tertiary/aromatic N) is 2. The highest BCUT2D eigenvalue weighted by atomic mass is 19.1. The van der Waals surface area contributed by atoms with Crippen LogP contribution in [0.1, 0.15) is 65.9 Å². The fourth-order valence-electron chi connectivity index (χ4n) is 4.06. The van der Waals surface area contributed by atoms with Gasteiger partial charge in [0.05, 0.1) is 5.56 Å². The van der Waals surface area contributed by atoms with Gasteiger partial charge in [-0.3, -0.25) is 9.80 Å². The maximum atomic E-state index is 14.6. The van der Waals surface area contributed by atoms with E-state index in [1.807, 2.05) is 6.07 Å². The van der Waals surface area contributed by atoms with Gasteiger partial charge in [0.1, 0.15) is 5.82 Å². The van der Waals surface area contributed by atoms with Crippen LogP contribution in [0, 0.1) is 12.7 Å². The molecule has 1 saturated heterocycles. The molecule has 1 aromatic carbocycles. The van der Waals surface area contributed by atoms with Crippen LogP contribution in [-0.2, 0) is 0 Å². The lowest BCUT2D eigenvalue weighted by atomic mass is 9.92. The molecule has 0 aromatic heterocycles. The topological polar surface area (TPSA) is 49.6 Å². The Morgan fingerprint density at radius 1 is 1.25 bits per heavy atom. The third-order valence-corrected chi connectivity index (χ3v) is 5.57. The third-order valence-electron chi connectivity index (χ3n) is 5.57. The van der Waals surface area contributed by atoms with Crippen LogP contribution < -0.4 is 5.84 Å². The van der Waals surface area contributed by atoms with Crippen LogP contribution in [0.4, 0.5) is 4.39 Å². The number of hydrogen-bond acceptors (Lipinski definition) is 3. The number of amides is 1. The van der Waals surface area contributed by atoms with Crippen LogP contribution in [-0.4, -0.2) is 42.0 Å². The van der Waals surface area contributed by atoms with Gasteiger partial charge in [-0.25, -0.2) is 10.2 Å². The summed E-state index contributed by atoms with van der Waals surface area (Å²) in [4.78, 5) is 15.1. The van der Waals surface area contributed by atoms with Gasteiger partial charge in [-0.15, -0.1) is 0 Å². The van der Waals surface area contributed by atoms with E-state index in [1.165, 1.54) is 11.4 Å². The molecule has 3 rings (SSSR count). The van der Waals surface area contributed by atoms with E-state index in [-0.39, 0.29) is 17.5 Å². The van der Waals surface area contributed by atoms with Gasteiger partial charge in [0.15, 0.2) is 0 Å². The zero-order valence-electron chi connectivity index (χ0n) is 14.7. The van der Waals surface area contributed by atoms with Gasteiger partial charge in [0, 0.05) is 12.6 Å². The number of nitrogens with two attached hydrogens (primary N) is 1. The predicted molar refractivity (Wildman–Crippen MR) is 93.2 cm³/mol. The van der Waals surface area contributed by atoms with Crippen LogP contribution in [0.15, 0.2) is 12.1 Å². The summed E-state index contributed by atoms with van der Waals surface area (Å²) in [5.41, 5.74) is 1.72. The van der Waals surface area contributed by atoms with E-state index in [4.69, 9.17) is 5.84 Å². The van der Waals surface area contributed by atoms with Crippen molar-refractivity contribution in [2.45, 2.75) is 57.4 Å². The molecule has 24 heavy (non-hydrogen) atoms. The first kappa shape index (κ1) is 17.4. The van der Waals surface area contributed by atoms with Crippen molar-refractivity contribution in [1.82, 2.24) is 9.91 Å². The molecule has 2 N–H and O–H groups in total. The fourth-order valence-corrected chi connectivity index (χ4v) is 4.06. The van der Waals surface area contributed by atoms with E-state index in [1.54, 1.807) is 13.0 Å². The normalized spacial score (nSPS) is 22.8. The Bertz CT molecular complexity index is 613. The van der Waals surface area contributed by atoms with Crippen molar-refractivity contribution >= 4 is 5.91 Å². The number of halogens is 1. The molecule has 0 radical (unpaired) electrons. The Kier molecular flexibility index (Phi) is 5.21. The number of benzene rings is 1. The summed E-state index contributed by atoms with van der Waals surface area (Å²) in [5.74, 6) is 5.63. The van der Waals surface area contributed by atoms with Crippen LogP contribution in [0.3, 0.4) is 0 Å². The first-order valence-electron chi connectivity index (χ1n) is 9.04. The molecule has 0 spiro atoms. The van der Waals surface area contributed by atoms with Crippen molar-refractivity contribution < 1.29 is 9.18 Å². The van der Waals surface area contributed by atoms with Crippen molar-refractivity contribution in [1.29, 1.82) is 0 Å². The molecule has 1 amide bonds. The Morgan fingerprint density at radius 3 is 2.58 bits per heavy atom. The maximum Gasteiger partial charge on any atom is 0.271 e. The molecule has 2 fully saturated rings. The van der Waals surface area contributed by atoms with Gasteiger partial charge in [-0.2, -0.15) is 0 Å². The number of carbonyl (C=O) groups is 1. The Hall–Kier alpha value is -1.46. The van der Waals surface area contributed by atoms with Gasteiger partial charge in [-0.05, 0) is 62.9 Å². The quantitative estimate of drug-likeness (QED) is 0.525. The lowest BCUT2D eigenvalue weighted by molar-refractivity contribution is 0.0628. The third kappa shape index (κ3) is 3.47. The Balaban J connectivity index is 1.85. The molecule has 0 bridgehead atoms. The molecule has 5 heteroatoms. The SMILES string of the molecule is Cc1cc(C2CCN(C)C2)cc(C(=O)N(N)C2CCCCC2)c1F. The molecule has 1 aliphatic heterocycles. The lowest BCUT2D eigenvalue weighted by Gasteiger charge is -2.30. The minimum absolute atomic E-state index is 0.0345. The first-order chi connectivity index (χ1) is 11.5. The zero-order valence-corrected chi connectivity index (χ0v) is 14.7. The number of rotatable bonds is 3. The number of hydrogen-bond donors (Lipinski definition) is 1. The fraction of sp³-hybridized carbons (Fsp3) is 0.632. The summed E-state index contributed by atoms with van der Waals surface area (Å²) in [6, 6.07) is 3.65. The molecule has 1 heterocycles. The van der Waals surface area contributed by atoms with E-state index in [0.29, 0.717) is 11.5 Å². The van der Waals surface area contributed by atoms with Gasteiger partial charge in [0.2, 0.25) is 0 Å². The Morgan fingerprint density at radius 2 is 1.96 bits per heavy atom. The summed E-state index contributed by atoms with van der Waals surface area (Å²) in [6.07, 6.45) is 6.23. The number of aryl methyl sites for hydroxylation is 1. The second kappa shape index (κ2) is 7.19. The zero-order chi connectivity index (χ0) is 17.3. The number of carbonyl (C=O) groups excluding carboxylic acids is 1. The van der Waals surface area contributed by atoms with E-state index in [2.05, 4.69) is 11.9 Å². The molecule has 1 aromatic rings. The van der Waals surface area contributed by atoms with Crippen molar-refractivity contribution in [2.75, 3.05) is 20.1 Å². The van der Waals surface area contributed by atoms with Crippen molar-refractivity contribution in [2.24, 2.45) is 5.84 Å². The average Bonchev–Trinajstić information content (AvgIpc) is 3.03. The van der Waals surface area contributed by atoms with Crippen LogP contribution in [0.5, 0.6) is 0 Å². The van der Waals surface area contributed by atoms with Gasteiger partial charge >= 0.3 is 0 Å². The molecule has 4 nitrogen and oxygen atoms in total. The standard InChI is InChI=1S/C19H28FN3O/c1-13-10-15(14-8-9-22(2)12-14)11-17(18(13)20)19(24)23(21)16-6-4-3-5-7-16/h10-11,14,16H,3-9,12,21H2,1-2H3. The molecule has 1 saturated carbocycles. The van der Waals surface area contributed by atoms with Crippen LogP contribution >= 0.6 is 0 Å². The second-order valence-corrected chi connectivity index (χ2v) is 7.45. The van der Waals surface area contributed by atoms with Crippen molar-refractivity contribution in [3.8, 4) is 0 Å². The van der Waals surface area contributed by atoms with Crippen LogP contribution in [0.25, 0.3) is 0 Å². The van der Waals surface area contributed by atoms with Crippen LogP contribution in [0.2, 0.25) is 0 Å². The highest BCUT2D eigenvalue weighted by Crippen LogP contribution is 2.30. The predicted octanol–water partition coefficient (Wildman–Crippen LogP) is 3.20. The summed E-state index contributed by atoms with van der Waals surface area (Å²) < 4.78 is 14.6. The monoisotopic (exact) mass is 333 g/mol. The molecule has 1 unspecified atom stereocenters. The summed E-state index contributed by atoms with van der Waals surface area (Å²) in [6.45, 7) is 3.72. The van der Waals surface area contributed by atoms with E-state index in [9.17, 15) is 9.18 Å². The largest absolute Gasteiger partial charge is 0.306 e. The van der Waals surface area contributed by atoms with E-state index in [0.717, 1.165) is 50.8 Å². The van der Waals surface area contributed by atoms with Gasteiger partial charge in [0.25, 0.3) is 5.91 Å². The minimum atomic E-state index is -0.429. The molecule has 2 aliphatic rings. The highest BCUT2D eigenvalue weighted by molar-refractivity contribution is 5.94. The van der Waals surface area contributed by atoms with E-state index < -0.39 is 5.82 Å². The summed E-state index contributed by atoms with van der Waals surface area (Å²) in [5, 5.41) is 1.28. The molecule has 132 valence electrons. The first-order valence-corrected chi connectivity index (χ1v) is 9.04. The van der Waals surface area contributed by atoms with Gasteiger partial charge < -0.3 is 4.90 Å². The average molecular weight is 333 g/mol. The summed E-state index contributed by atoms with van der Waals surface area (Å²) in [7, 11) is 2.09. The van der Waals surface area contributed by atoms with Crippen molar-refractivity contribution in [3.05, 3.63) is 34.6 Å². The number of likely N-dealkylation sites (tertiary alicyclic amines) is 1. The van der Waals surface area contributed by atoms with Gasteiger partial charge in [-0.1, -0.05) is 25.3 Å². The number of likely N-dealkylation sites (N-methyl/N-ethyl adjacent to an activating group) is 1. The molecule has 1 atom stereocenters. The maximum absolute atomic E-state index is 14.6. The van der Waals surface area contributed by atoms with E-state index >= 15 is 0 Å². The highest BCUT2D eigenvalue weighted by Gasteiger charge is 2.28. The molecular formula is C19H28FN3O. The molecule has 1 aliphatic carbocycles. The smallest absolute Gasteiger partial charge is 0.271 e.